The van der Waals surface area contributed by atoms with Crippen LogP contribution in [0.2, 0.25) is 0 Å². The first kappa shape index (κ1) is 14.3. The second-order valence-electron chi connectivity index (χ2n) is 5.62. The molecule has 1 atom stereocenters. The van der Waals surface area contributed by atoms with Crippen molar-refractivity contribution < 1.29 is 14.7 Å². The molecule has 5 nitrogen and oxygen atoms in total. The topological polar surface area (TPSA) is 60.9 Å². The Morgan fingerprint density at radius 3 is 2.21 bits per heavy atom. The van der Waals surface area contributed by atoms with Gasteiger partial charge in [-0.25, -0.2) is 0 Å². The SMILES string of the molecule is O=C(O)C1CCCCN1CC(=O)N1CCCCCC1. The van der Waals surface area contributed by atoms with Crippen molar-refractivity contribution in [2.45, 2.75) is 51.0 Å². The largest absolute Gasteiger partial charge is 0.480 e. The molecule has 2 heterocycles. The number of amides is 1. The Labute approximate surface area is 114 Å². The monoisotopic (exact) mass is 268 g/mol. The fourth-order valence-electron chi connectivity index (χ4n) is 3.05. The zero-order valence-corrected chi connectivity index (χ0v) is 11.5. The summed E-state index contributed by atoms with van der Waals surface area (Å²) in [5.41, 5.74) is 0. The number of carboxylic acids is 1. The quantitative estimate of drug-likeness (QED) is 0.839. The standard InChI is InChI=1S/C14H24N2O3/c17-13(15-8-4-1-2-5-9-15)11-16-10-6-3-7-12(16)14(18)19/h12H,1-11H2,(H,18,19). The molecule has 2 fully saturated rings. The van der Waals surface area contributed by atoms with Crippen molar-refractivity contribution in [1.29, 1.82) is 0 Å². The van der Waals surface area contributed by atoms with Crippen molar-refractivity contribution in [2.75, 3.05) is 26.2 Å². The van der Waals surface area contributed by atoms with Gasteiger partial charge in [0, 0.05) is 13.1 Å². The van der Waals surface area contributed by atoms with E-state index in [4.69, 9.17) is 0 Å². The lowest BCUT2D eigenvalue weighted by Gasteiger charge is -2.33. The van der Waals surface area contributed by atoms with Crippen LogP contribution in [0.3, 0.4) is 0 Å². The van der Waals surface area contributed by atoms with Gasteiger partial charge < -0.3 is 10.0 Å². The van der Waals surface area contributed by atoms with Gasteiger partial charge in [-0.15, -0.1) is 0 Å². The van der Waals surface area contributed by atoms with Crippen molar-refractivity contribution >= 4 is 11.9 Å². The van der Waals surface area contributed by atoms with E-state index < -0.39 is 12.0 Å². The summed E-state index contributed by atoms with van der Waals surface area (Å²) in [4.78, 5) is 27.3. The second kappa shape index (κ2) is 6.89. The molecular weight excluding hydrogens is 244 g/mol. The van der Waals surface area contributed by atoms with Crippen LogP contribution in [0.15, 0.2) is 0 Å². The lowest BCUT2D eigenvalue weighted by Crippen LogP contribution is -2.50. The van der Waals surface area contributed by atoms with Crippen LogP contribution in [-0.2, 0) is 9.59 Å². The molecule has 1 N–H and O–H groups in total. The normalized spacial score (nSPS) is 25.9. The summed E-state index contributed by atoms with van der Waals surface area (Å²) in [6, 6.07) is -0.468. The Morgan fingerprint density at radius 2 is 1.58 bits per heavy atom. The minimum atomic E-state index is -0.789. The van der Waals surface area contributed by atoms with Gasteiger partial charge in [0.15, 0.2) is 0 Å². The summed E-state index contributed by atoms with van der Waals surface area (Å²) in [6.07, 6.45) is 7.17. The van der Waals surface area contributed by atoms with Gasteiger partial charge in [-0.05, 0) is 32.2 Å². The first-order valence-corrected chi connectivity index (χ1v) is 7.43. The van der Waals surface area contributed by atoms with Crippen LogP contribution in [0.4, 0.5) is 0 Å². The Kier molecular flexibility index (Phi) is 5.19. The highest BCUT2D eigenvalue weighted by atomic mass is 16.4. The molecule has 2 aliphatic heterocycles. The van der Waals surface area contributed by atoms with Gasteiger partial charge in [-0.3, -0.25) is 14.5 Å². The third-order valence-corrected chi connectivity index (χ3v) is 4.20. The van der Waals surface area contributed by atoms with Gasteiger partial charge in [0.05, 0.1) is 6.54 Å². The van der Waals surface area contributed by atoms with Crippen LogP contribution in [0.25, 0.3) is 0 Å². The summed E-state index contributed by atoms with van der Waals surface area (Å²) in [7, 11) is 0. The smallest absolute Gasteiger partial charge is 0.320 e. The molecule has 1 unspecified atom stereocenters. The van der Waals surface area contributed by atoms with Crippen molar-refractivity contribution in [1.82, 2.24) is 9.80 Å². The van der Waals surface area contributed by atoms with E-state index in [1.54, 1.807) is 0 Å². The summed E-state index contributed by atoms with van der Waals surface area (Å²) < 4.78 is 0. The lowest BCUT2D eigenvalue weighted by atomic mass is 10.0. The molecule has 0 bridgehead atoms. The van der Waals surface area contributed by atoms with Crippen molar-refractivity contribution in [3.8, 4) is 0 Å². The van der Waals surface area contributed by atoms with Crippen LogP contribution in [0.5, 0.6) is 0 Å². The van der Waals surface area contributed by atoms with Gasteiger partial charge in [-0.2, -0.15) is 0 Å². The lowest BCUT2D eigenvalue weighted by molar-refractivity contribution is -0.146. The third-order valence-electron chi connectivity index (χ3n) is 4.20. The van der Waals surface area contributed by atoms with E-state index in [0.29, 0.717) is 6.42 Å². The number of piperidine rings is 1. The van der Waals surface area contributed by atoms with Crippen LogP contribution in [-0.4, -0.2) is 59.0 Å². The molecule has 2 saturated heterocycles. The van der Waals surface area contributed by atoms with Gasteiger partial charge in [0.1, 0.15) is 6.04 Å². The molecule has 2 aliphatic rings. The van der Waals surface area contributed by atoms with Crippen molar-refractivity contribution in [3.63, 3.8) is 0 Å². The first-order valence-electron chi connectivity index (χ1n) is 7.43. The van der Waals surface area contributed by atoms with E-state index in [-0.39, 0.29) is 12.5 Å². The van der Waals surface area contributed by atoms with Crippen LogP contribution < -0.4 is 0 Å². The Bertz CT molecular complexity index is 325. The van der Waals surface area contributed by atoms with Crippen LogP contribution in [0.1, 0.15) is 44.9 Å². The predicted octanol–water partition coefficient (Wildman–Crippen LogP) is 1.33. The number of likely N-dealkylation sites (tertiary alicyclic amines) is 2. The number of rotatable bonds is 3. The number of aliphatic carboxylic acids is 1. The minimum absolute atomic E-state index is 0.107. The summed E-state index contributed by atoms with van der Waals surface area (Å²) >= 11 is 0. The summed E-state index contributed by atoms with van der Waals surface area (Å²) in [5.74, 6) is -0.682. The van der Waals surface area contributed by atoms with E-state index in [1.165, 1.54) is 12.8 Å². The maximum absolute atomic E-state index is 12.3. The Balaban J connectivity index is 1.90. The molecule has 5 heteroatoms. The molecule has 0 aromatic rings. The zero-order chi connectivity index (χ0) is 13.7. The van der Waals surface area contributed by atoms with E-state index in [2.05, 4.69) is 0 Å². The maximum Gasteiger partial charge on any atom is 0.320 e. The maximum atomic E-state index is 12.3. The Morgan fingerprint density at radius 1 is 0.947 bits per heavy atom. The molecule has 1 amide bonds. The number of carboxylic acid groups (broad SMARTS) is 1. The molecule has 108 valence electrons. The van der Waals surface area contributed by atoms with Crippen LogP contribution in [0, 0.1) is 0 Å². The third kappa shape index (κ3) is 3.93. The van der Waals surface area contributed by atoms with Gasteiger partial charge in [0.25, 0.3) is 0 Å². The van der Waals surface area contributed by atoms with E-state index in [0.717, 1.165) is 45.3 Å². The van der Waals surface area contributed by atoms with E-state index in [9.17, 15) is 14.7 Å². The molecule has 0 aromatic heterocycles. The molecule has 19 heavy (non-hydrogen) atoms. The molecule has 0 spiro atoms. The highest BCUT2D eigenvalue weighted by molar-refractivity contribution is 5.80. The Hall–Kier alpha value is -1.10. The van der Waals surface area contributed by atoms with Crippen molar-refractivity contribution in [2.24, 2.45) is 0 Å². The number of carbonyl (C=O) groups is 2. The van der Waals surface area contributed by atoms with Gasteiger partial charge in [0.2, 0.25) is 5.91 Å². The average Bonchev–Trinajstić information content (AvgIpc) is 2.68. The molecule has 0 aromatic carbocycles. The first-order chi connectivity index (χ1) is 9.18. The molecular formula is C14H24N2O3. The average molecular weight is 268 g/mol. The van der Waals surface area contributed by atoms with Gasteiger partial charge in [-0.1, -0.05) is 19.3 Å². The zero-order valence-electron chi connectivity index (χ0n) is 11.5. The number of hydrogen-bond donors (Lipinski definition) is 1. The van der Waals surface area contributed by atoms with E-state index >= 15 is 0 Å². The van der Waals surface area contributed by atoms with Crippen molar-refractivity contribution in [3.05, 3.63) is 0 Å². The highest BCUT2D eigenvalue weighted by Crippen LogP contribution is 2.18. The van der Waals surface area contributed by atoms with E-state index in [1.807, 2.05) is 9.80 Å². The fraction of sp³-hybridized carbons (Fsp3) is 0.857. The van der Waals surface area contributed by atoms with Gasteiger partial charge >= 0.3 is 5.97 Å². The second-order valence-corrected chi connectivity index (χ2v) is 5.62. The predicted molar refractivity (Wildman–Crippen MR) is 71.9 cm³/mol. The minimum Gasteiger partial charge on any atom is -0.480 e. The highest BCUT2D eigenvalue weighted by Gasteiger charge is 2.30. The molecule has 0 radical (unpaired) electrons. The summed E-state index contributed by atoms with van der Waals surface area (Å²) in [6.45, 7) is 2.68. The summed E-state index contributed by atoms with van der Waals surface area (Å²) in [5, 5.41) is 9.21. The van der Waals surface area contributed by atoms with Crippen LogP contribution >= 0.6 is 0 Å². The molecule has 2 rings (SSSR count). The molecule has 0 aliphatic carbocycles. The molecule has 0 saturated carbocycles. The number of nitrogens with zero attached hydrogens (tertiary/aromatic N) is 2. The number of hydrogen-bond acceptors (Lipinski definition) is 3. The fourth-order valence-corrected chi connectivity index (χ4v) is 3.05. The number of carbonyl (C=O) groups excluding carboxylic acids is 1.